The van der Waals surface area contributed by atoms with Gasteiger partial charge in [0.05, 0.1) is 5.02 Å². The van der Waals surface area contributed by atoms with E-state index in [2.05, 4.69) is 10.3 Å². The van der Waals surface area contributed by atoms with Crippen LogP contribution in [0.2, 0.25) is 5.02 Å². The first-order valence-electron chi connectivity index (χ1n) is 7.31. The first-order valence-corrected chi connectivity index (χ1v) is 7.69. The lowest BCUT2D eigenvalue weighted by Gasteiger charge is -2.37. The number of aromatic nitrogens is 1. The van der Waals surface area contributed by atoms with Gasteiger partial charge in [0.1, 0.15) is 5.69 Å². The number of ether oxygens (including phenoxy) is 1. The van der Waals surface area contributed by atoms with Crippen LogP contribution in [0, 0.1) is 0 Å². The normalized spacial score (nSPS) is 17.9. The van der Waals surface area contributed by atoms with Gasteiger partial charge in [-0.05, 0) is 32.0 Å². The molecule has 1 saturated heterocycles. The zero-order valence-corrected chi connectivity index (χ0v) is 13.6. The van der Waals surface area contributed by atoms with Gasteiger partial charge in [0, 0.05) is 12.2 Å². The number of hydrogen-bond donors (Lipinski definition) is 2. The Balaban J connectivity index is 0.000000277. The quantitative estimate of drug-likeness (QED) is 0.771. The Morgan fingerprint density at radius 2 is 2.00 bits per heavy atom. The van der Waals surface area contributed by atoms with Gasteiger partial charge in [-0.15, -0.1) is 0 Å². The summed E-state index contributed by atoms with van der Waals surface area (Å²) in [4.78, 5) is 26.9. The molecule has 0 radical (unpaired) electrons. The van der Waals surface area contributed by atoms with Gasteiger partial charge in [-0.3, -0.25) is 4.79 Å². The molecule has 0 unspecified atom stereocenters. The Morgan fingerprint density at radius 1 is 1.40 bits per heavy atom. The molecular weight excluding hydrogens is 367 g/mol. The van der Waals surface area contributed by atoms with Crippen LogP contribution >= 0.6 is 11.6 Å². The van der Waals surface area contributed by atoms with Crippen molar-refractivity contribution in [1.29, 1.82) is 0 Å². The maximum Gasteiger partial charge on any atom is 0.490 e. The van der Waals surface area contributed by atoms with Crippen LogP contribution in [0.5, 0.6) is 5.88 Å². The van der Waals surface area contributed by atoms with Crippen LogP contribution in [0.25, 0.3) is 0 Å². The molecule has 25 heavy (non-hydrogen) atoms. The lowest BCUT2D eigenvalue weighted by Crippen LogP contribution is -2.50. The molecule has 138 valence electrons. The van der Waals surface area contributed by atoms with E-state index < -0.39 is 12.1 Å². The number of amides is 1. The number of piperidine rings is 1. The predicted octanol–water partition coefficient (Wildman–Crippen LogP) is 1.85. The summed E-state index contributed by atoms with van der Waals surface area (Å²) in [5, 5.41) is 10.9. The minimum Gasteiger partial charge on any atom is -0.475 e. The Kier molecular flexibility index (Phi) is 6.07. The van der Waals surface area contributed by atoms with E-state index in [1.807, 2.05) is 0 Å². The van der Waals surface area contributed by atoms with Crippen LogP contribution < -0.4 is 15.0 Å². The number of carbonyl (C=O) groups is 2. The number of fused-ring (bicyclic) bond motifs is 1. The Hall–Kier alpha value is -2.07. The largest absolute Gasteiger partial charge is 0.490 e. The van der Waals surface area contributed by atoms with Crippen LogP contribution in [0.1, 0.15) is 12.8 Å². The predicted molar refractivity (Wildman–Crippen MR) is 81.8 cm³/mol. The third kappa shape index (κ3) is 4.95. The molecule has 3 heterocycles. The highest BCUT2D eigenvalue weighted by atomic mass is 35.5. The highest BCUT2D eigenvalue weighted by Crippen LogP contribution is 2.34. The molecule has 2 aliphatic heterocycles. The van der Waals surface area contributed by atoms with Gasteiger partial charge in [-0.1, -0.05) is 11.6 Å². The molecule has 1 aromatic heterocycles. The maximum atomic E-state index is 12.1. The lowest BCUT2D eigenvalue weighted by molar-refractivity contribution is -0.192. The van der Waals surface area contributed by atoms with Crippen LogP contribution in [0.3, 0.4) is 0 Å². The Morgan fingerprint density at radius 3 is 2.56 bits per heavy atom. The molecule has 2 aliphatic rings. The minimum atomic E-state index is -5.08. The van der Waals surface area contributed by atoms with E-state index >= 15 is 0 Å². The number of nitrogens with zero attached hydrogens (tertiary/aromatic N) is 2. The van der Waals surface area contributed by atoms with E-state index in [1.54, 1.807) is 11.0 Å². The summed E-state index contributed by atoms with van der Waals surface area (Å²) in [5.74, 6) is -2.27. The van der Waals surface area contributed by atoms with Crippen molar-refractivity contribution in [2.75, 3.05) is 24.6 Å². The van der Waals surface area contributed by atoms with Crippen molar-refractivity contribution in [3.8, 4) is 5.88 Å². The number of pyridine rings is 1. The van der Waals surface area contributed by atoms with Gasteiger partial charge in [-0.2, -0.15) is 13.2 Å². The first-order chi connectivity index (χ1) is 11.7. The van der Waals surface area contributed by atoms with Crippen molar-refractivity contribution in [1.82, 2.24) is 10.3 Å². The Bertz CT molecular complexity index is 651. The van der Waals surface area contributed by atoms with Gasteiger partial charge in [0.15, 0.2) is 6.61 Å². The molecule has 3 rings (SSSR count). The number of aliphatic carboxylic acids is 1. The van der Waals surface area contributed by atoms with E-state index in [-0.39, 0.29) is 18.6 Å². The van der Waals surface area contributed by atoms with Gasteiger partial charge in [0.2, 0.25) is 5.88 Å². The van der Waals surface area contributed by atoms with E-state index in [4.69, 9.17) is 26.2 Å². The molecule has 2 N–H and O–H groups in total. The summed E-state index contributed by atoms with van der Waals surface area (Å²) < 4.78 is 37.1. The second-order valence-corrected chi connectivity index (χ2v) is 5.75. The highest BCUT2D eigenvalue weighted by Gasteiger charge is 2.38. The number of alkyl halides is 3. The smallest absolute Gasteiger partial charge is 0.475 e. The minimum absolute atomic E-state index is 0.0153. The fraction of sp³-hybridized carbons (Fsp3) is 0.500. The number of halogens is 4. The number of rotatable bonds is 1. The van der Waals surface area contributed by atoms with E-state index in [9.17, 15) is 18.0 Å². The maximum absolute atomic E-state index is 12.1. The summed E-state index contributed by atoms with van der Waals surface area (Å²) in [6.45, 7) is 1.92. The van der Waals surface area contributed by atoms with Gasteiger partial charge in [-0.25, -0.2) is 9.78 Å². The fourth-order valence-corrected chi connectivity index (χ4v) is 2.65. The number of anilines is 1. The summed E-state index contributed by atoms with van der Waals surface area (Å²) in [5.41, 5.74) is 0.700. The molecule has 1 fully saturated rings. The van der Waals surface area contributed by atoms with Crippen molar-refractivity contribution >= 4 is 29.2 Å². The molecule has 0 aromatic carbocycles. The van der Waals surface area contributed by atoms with Gasteiger partial charge >= 0.3 is 12.1 Å². The number of carboxylic acid groups (broad SMARTS) is 1. The molecule has 7 nitrogen and oxygen atoms in total. The molecule has 1 aromatic rings. The summed E-state index contributed by atoms with van der Waals surface area (Å²) >= 11 is 5.96. The second-order valence-electron chi connectivity index (χ2n) is 5.31. The first kappa shape index (κ1) is 19.3. The van der Waals surface area contributed by atoms with Gasteiger partial charge < -0.3 is 20.1 Å². The topological polar surface area (TPSA) is 91.8 Å². The molecule has 0 spiro atoms. The van der Waals surface area contributed by atoms with Crippen LogP contribution in [0.15, 0.2) is 12.3 Å². The van der Waals surface area contributed by atoms with Crippen molar-refractivity contribution < 1.29 is 32.6 Å². The lowest BCUT2D eigenvalue weighted by atomic mass is 10.0. The van der Waals surface area contributed by atoms with E-state index in [0.717, 1.165) is 25.9 Å². The van der Waals surface area contributed by atoms with Crippen molar-refractivity contribution in [2.24, 2.45) is 0 Å². The van der Waals surface area contributed by atoms with Crippen LogP contribution in [-0.2, 0) is 9.59 Å². The standard InChI is InChI=1S/C12H14ClN3O2.C2HF3O2/c13-8-5-10-12(15-6-8)18-7-11(17)16(10)9-1-3-14-4-2-9;3-2(4,5)1(6)7/h5-6,9,14H,1-4,7H2;(H,6,7). The monoisotopic (exact) mass is 381 g/mol. The third-order valence-corrected chi connectivity index (χ3v) is 3.78. The number of nitrogens with one attached hydrogen (secondary N) is 1. The summed E-state index contributed by atoms with van der Waals surface area (Å²) in [7, 11) is 0. The molecule has 1 amide bonds. The average Bonchev–Trinajstić information content (AvgIpc) is 2.55. The second kappa shape index (κ2) is 7.87. The molecule has 0 atom stereocenters. The molecule has 11 heteroatoms. The Labute approximate surface area is 145 Å². The van der Waals surface area contributed by atoms with E-state index in [1.165, 1.54) is 6.20 Å². The summed E-state index contributed by atoms with van der Waals surface area (Å²) in [6, 6.07) is 1.96. The number of carboxylic acids is 1. The molecule has 0 bridgehead atoms. The van der Waals surface area contributed by atoms with Crippen LogP contribution in [0.4, 0.5) is 18.9 Å². The van der Waals surface area contributed by atoms with Crippen molar-refractivity contribution in [3.63, 3.8) is 0 Å². The van der Waals surface area contributed by atoms with Crippen molar-refractivity contribution in [2.45, 2.75) is 25.1 Å². The SMILES string of the molecule is O=C(O)C(F)(F)F.O=C1COc2ncc(Cl)cc2N1C1CCNCC1. The zero-order chi connectivity index (χ0) is 18.6. The third-order valence-electron chi connectivity index (χ3n) is 3.58. The van der Waals surface area contributed by atoms with E-state index in [0.29, 0.717) is 16.6 Å². The zero-order valence-electron chi connectivity index (χ0n) is 12.8. The fourth-order valence-electron chi connectivity index (χ4n) is 2.50. The molecular formula is C14H15ClF3N3O4. The van der Waals surface area contributed by atoms with Crippen LogP contribution in [-0.4, -0.2) is 53.9 Å². The number of hydrogen-bond acceptors (Lipinski definition) is 5. The van der Waals surface area contributed by atoms with Gasteiger partial charge in [0.25, 0.3) is 5.91 Å². The molecule has 0 saturated carbocycles. The number of carbonyl (C=O) groups excluding carboxylic acids is 1. The molecule has 0 aliphatic carbocycles. The highest BCUT2D eigenvalue weighted by molar-refractivity contribution is 6.30. The summed E-state index contributed by atoms with van der Waals surface area (Å²) in [6.07, 6.45) is -1.66. The van der Waals surface area contributed by atoms with Crippen molar-refractivity contribution in [3.05, 3.63) is 17.3 Å². The average molecular weight is 382 g/mol.